The van der Waals surface area contributed by atoms with E-state index in [1.165, 1.54) is 0 Å². The number of hydrogen-bond acceptors (Lipinski definition) is 4. The Morgan fingerprint density at radius 2 is 1.61 bits per heavy atom. The molecule has 1 aliphatic rings. The highest BCUT2D eigenvalue weighted by Gasteiger charge is 2.37. The second-order valence-corrected chi connectivity index (χ2v) is 7.63. The van der Waals surface area contributed by atoms with Gasteiger partial charge in [0.1, 0.15) is 5.75 Å². The molecule has 0 aliphatic heterocycles. The molecule has 0 amide bonds. The summed E-state index contributed by atoms with van der Waals surface area (Å²) in [6.07, 6.45) is 4.43. The normalized spacial score (nSPS) is 21.9. The van der Waals surface area contributed by atoms with E-state index >= 15 is 0 Å². The van der Waals surface area contributed by atoms with E-state index in [1.54, 1.807) is 7.11 Å². The number of benzene rings is 2. The van der Waals surface area contributed by atoms with E-state index in [1.807, 2.05) is 48.5 Å². The van der Waals surface area contributed by atoms with Crippen molar-refractivity contribution in [3.05, 3.63) is 54.1 Å². The smallest absolute Gasteiger partial charge is 0.308 e. The van der Waals surface area contributed by atoms with Gasteiger partial charge in [0.2, 0.25) is 0 Å². The van der Waals surface area contributed by atoms with Crippen LogP contribution in [0.1, 0.15) is 51.0 Å². The minimum atomic E-state index is -0.862. The molecule has 0 aromatic heterocycles. The molecular formula is C24H30O4. The number of ether oxygens (including phenoxy) is 2. The van der Waals surface area contributed by atoms with Gasteiger partial charge in [-0.05, 0) is 60.9 Å². The van der Waals surface area contributed by atoms with Gasteiger partial charge in [-0.25, -0.2) is 0 Å². The molecule has 1 saturated carbocycles. The largest absolute Gasteiger partial charge is 0.497 e. The zero-order valence-corrected chi connectivity index (χ0v) is 16.8. The highest BCUT2D eigenvalue weighted by molar-refractivity contribution is 5.72. The summed E-state index contributed by atoms with van der Waals surface area (Å²) in [6, 6.07) is 16.0. The highest BCUT2D eigenvalue weighted by atomic mass is 16.5. The summed E-state index contributed by atoms with van der Waals surface area (Å²) >= 11 is 0. The number of aliphatic hydroxyl groups is 1. The van der Waals surface area contributed by atoms with Gasteiger partial charge in [0, 0.05) is 0 Å². The average Bonchev–Trinajstić information content (AvgIpc) is 2.74. The summed E-state index contributed by atoms with van der Waals surface area (Å²) in [4.78, 5) is 12.2. The topological polar surface area (TPSA) is 55.8 Å². The van der Waals surface area contributed by atoms with E-state index in [9.17, 15) is 9.90 Å². The van der Waals surface area contributed by atoms with Gasteiger partial charge < -0.3 is 14.6 Å². The SMILES string of the molecule is CCCCOC(=O)C1CCC(O)(c2ccc(-c3ccc(OC)cc3)cc2)CC1. The molecule has 0 unspecified atom stereocenters. The van der Waals surface area contributed by atoms with E-state index < -0.39 is 5.60 Å². The van der Waals surface area contributed by atoms with Crippen LogP contribution in [0.3, 0.4) is 0 Å². The van der Waals surface area contributed by atoms with Crippen LogP contribution in [0.5, 0.6) is 5.75 Å². The van der Waals surface area contributed by atoms with Gasteiger partial charge in [0.25, 0.3) is 0 Å². The summed E-state index contributed by atoms with van der Waals surface area (Å²) in [5.41, 5.74) is 2.27. The molecule has 150 valence electrons. The Kier molecular flexibility index (Phi) is 6.74. The maximum absolute atomic E-state index is 12.2. The van der Waals surface area contributed by atoms with Crippen LogP contribution >= 0.6 is 0 Å². The predicted octanol–water partition coefficient (Wildman–Crippen LogP) is 5.08. The van der Waals surface area contributed by atoms with Crippen LogP contribution in [0.15, 0.2) is 48.5 Å². The Balaban J connectivity index is 1.61. The number of hydrogen-bond donors (Lipinski definition) is 1. The monoisotopic (exact) mass is 382 g/mol. The second kappa shape index (κ2) is 9.24. The van der Waals surface area contributed by atoms with Crippen molar-refractivity contribution in [2.24, 2.45) is 5.92 Å². The van der Waals surface area contributed by atoms with E-state index in [-0.39, 0.29) is 11.9 Å². The Hall–Kier alpha value is -2.33. The predicted molar refractivity (Wildman–Crippen MR) is 110 cm³/mol. The van der Waals surface area contributed by atoms with Crippen molar-refractivity contribution < 1.29 is 19.4 Å². The number of carbonyl (C=O) groups excluding carboxylic acids is 1. The number of carbonyl (C=O) groups is 1. The lowest BCUT2D eigenvalue weighted by molar-refractivity contribution is -0.151. The first-order chi connectivity index (χ1) is 13.6. The summed E-state index contributed by atoms with van der Waals surface area (Å²) in [7, 11) is 1.66. The standard InChI is InChI=1S/C24H30O4/c1-3-4-17-28-23(25)20-13-15-24(26,16-14-20)21-9-5-18(6-10-21)19-7-11-22(27-2)12-8-19/h5-12,20,26H,3-4,13-17H2,1-2H3. The first-order valence-electron chi connectivity index (χ1n) is 10.2. The molecule has 0 spiro atoms. The first kappa shape index (κ1) is 20.4. The molecule has 4 heteroatoms. The van der Waals surface area contributed by atoms with Gasteiger partial charge in [-0.15, -0.1) is 0 Å². The molecule has 2 aromatic carbocycles. The quantitative estimate of drug-likeness (QED) is 0.536. The highest BCUT2D eigenvalue weighted by Crippen LogP contribution is 2.40. The Labute approximate surface area is 167 Å². The molecule has 0 heterocycles. The zero-order chi connectivity index (χ0) is 20.0. The fraction of sp³-hybridized carbons (Fsp3) is 0.458. The van der Waals surface area contributed by atoms with Crippen LogP contribution in [0.25, 0.3) is 11.1 Å². The fourth-order valence-corrected chi connectivity index (χ4v) is 3.81. The summed E-state index contributed by atoms with van der Waals surface area (Å²) in [6.45, 7) is 2.58. The Bertz CT molecular complexity index is 756. The third-order valence-corrected chi connectivity index (χ3v) is 5.73. The van der Waals surface area contributed by atoms with Gasteiger partial charge in [-0.2, -0.15) is 0 Å². The maximum Gasteiger partial charge on any atom is 0.308 e. The summed E-state index contributed by atoms with van der Waals surface area (Å²) < 4.78 is 10.6. The van der Waals surface area contributed by atoms with Crippen molar-refractivity contribution in [3.8, 4) is 16.9 Å². The number of rotatable bonds is 7. The van der Waals surface area contributed by atoms with E-state index in [0.29, 0.717) is 32.3 Å². The first-order valence-corrected chi connectivity index (χ1v) is 10.2. The fourth-order valence-electron chi connectivity index (χ4n) is 3.81. The van der Waals surface area contributed by atoms with E-state index in [2.05, 4.69) is 6.92 Å². The molecule has 0 saturated heterocycles. The van der Waals surface area contributed by atoms with Crippen LogP contribution < -0.4 is 4.74 Å². The van der Waals surface area contributed by atoms with Crippen LogP contribution in [0, 0.1) is 5.92 Å². The lowest BCUT2D eigenvalue weighted by Crippen LogP contribution is -2.34. The summed E-state index contributed by atoms with van der Waals surface area (Å²) in [5.74, 6) is 0.640. The molecule has 2 aromatic rings. The minimum Gasteiger partial charge on any atom is -0.497 e. The van der Waals surface area contributed by atoms with Crippen molar-refractivity contribution in [1.82, 2.24) is 0 Å². The third-order valence-electron chi connectivity index (χ3n) is 5.73. The summed E-state index contributed by atoms with van der Waals surface area (Å²) in [5, 5.41) is 11.1. The van der Waals surface area contributed by atoms with Crippen molar-refractivity contribution in [3.63, 3.8) is 0 Å². The minimum absolute atomic E-state index is 0.0873. The lowest BCUT2D eigenvalue weighted by atomic mass is 9.75. The molecule has 1 N–H and O–H groups in total. The molecule has 3 rings (SSSR count). The number of esters is 1. The molecule has 1 aliphatic carbocycles. The van der Waals surface area contributed by atoms with Crippen LogP contribution in [0.4, 0.5) is 0 Å². The second-order valence-electron chi connectivity index (χ2n) is 7.63. The van der Waals surface area contributed by atoms with Gasteiger partial charge in [0.05, 0.1) is 25.2 Å². The van der Waals surface area contributed by atoms with Gasteiger partial charge in [0.15, 0.2) is 0 Å². The van der Waals surface area contributed by atoms with Gasteiger partial charge in [-0.3, -0.25) is 4.79 Å². The van der Waals surface area contributed by atoms with Gasteiger partial charge >= 0.3 is 5.97 Å². The van der Waals surface area contributed by atoms with Crippen molar-refractivity contribution in [2.75, 3.05) is 13.7 Å². The number of methoxy groups -OCH3 is 1. The van der Waals surface area contributed by atoms with E-state index in [4.69, 9.17) is 9.47 Å². The van der Waals surface area contributed by atoms with Crippen LogP contribution in [-0.4, -0.2) is 24.8 Å². The van der Waals surface area contributed by atoms with Crippen LogP contribution in [0.2, 0.25) is 0 Å². The Morgan fingerprint density at radius 3 is 2.14 bits per heavy atom. The van der Waals surface area contributed by atoms with Crippen molar-refractivity contribution in [2.45, 2.75) is 51.0 Å². The molecule has 0 atom stereocenters. The molecule has 0 radical (unpaired) electrons. The molecule has 4 nitrogen and oxygen atoms in total. The van der Waals surface area contributed by atoms with Crippen molar-refractivity contribution >= 4 is 5.97 Å². The van der Waals surface area contributed by atoms with Gasteiger partial charge in [-0.1, -0.05) is 49.7 Å². The zero-order valence-electron chi connectivity index (χ0n) is 16.8. The molecular weight excluding hydrogens is 352 g/mol. The maximum atomic E-state index is 12.2. The third kappa shape index (κ3) is 4.74. The number of unbranched alkanes of at least 4 members (excludes halogenated alkanes) is 1. The van der Waals surface area contributed by atoms with Crippen molar-refractivity contribution in [1.29, 1.82) is 0 Å². The molecule has 28 heavy (non-hydrogen) atoms. The Morgan fingerprint density at radius 1 is 1.04 bits per heavy atom. The molecule has 0 bridgehead atoms. The molecule has 1 fully saturated rings. The van der Waals surface area contributed by atoms with Crippen LogP contribution in [-0.2, 0) is 15.1 Å². The van der Waals surface area contributed by atoms with E-state index in [0.717, 1.165) is 35.3 Å². The lowest BCUT2D eigenvalue weighted by Gasteiger charge is -2.35. The average molecular weight is 383 g/mol.